The molecule has 1 aliphatic heterocycles. The van der Waals surface area contributed by atoms with E-state index < -0.39 is 6.10 Å². The van der Waals surface area contributed by atoms with Crippen LogP contribution < -0.4 is 0 Å². The van der Waals surface area contributed by atoms with Crippen LogP contribution in [0.15, 0.2) is 18.2 Å². The summed E-state index contributed by atoms with van der Waals surface area (Å²) in [4.78, 5) is 2.43. The normalized spacial score (nSPS) is 18.4. The van der Waals surface area contributed by atoms with Crippen molar-refractivity contribution < 1.29 is 9.50 Å². The molecule has 0 spiro atoms. The maximum absolute atomic E-state index is 13.4. The van der Waals surface area contributed by atoms with Gasteiger partial charge in [0.25, 0.3) is 0 Å². The number of aliphatic hydroxyl groups is 1. The first kappa shape index (κ1) is 15.5. The Balaban J connectivity index is 2.34. The first-order chi connectivity index (χ1) is 9.55. The Hall–Kier alpha value is -0.930. The molecule has 0 radical (unpaired) electrons. The van der Waals surface area contributed by atoms with Crippen molar-refractivity contribution in [1.29, 1.82) is 0 Å². The second-order valence-corrected chi connectivity index (χ2v) is 5.92. The number of halogens is 1. The predicted molar refractivity (Wildman–Crippen MR) is 80.2 cm³/mol. The van der Waals surface area contributed by atoms with Crippen LogP contribution in [0.1, 0.15) is 56.8 Å². The van der Waals surface area contributed by atoms with E-state index in [4.69, 9.17) is 0 Å². The van der Waals surface area contributed by atoms with Crippen LogP contribution in [0.4, 0.5) is 4.39 Å². The van der Waals surface area contributed by atoms with Crippen molar-refractivity contribution in [1.82, 2.24) is 4.90 Å². The monoisotopic (exact) mass is 279 g/mol. The Morgan fingerprint density at radius 3 is 2.35 bits per heavy atom. The van der Waals surface area contributed by atoms with Crippen LogP contribution in [0, 0.1) is 12.7 Å². The summed E-state index contributed by atoms with van der Waals surface area (Å²) in [6, 6.07) is 4.98. The SMILES string of the molecule is CCC(CC)(C(O)c1ccc(F)c(C)c1)N1CCCC1. The second-order valence-electron chi connectivity index (χ2n) is 5.92. The average Bonchev–Trinajstić information content (AvgIpc) is 2.98. The molecule has 1 fully saturated rings. The molecule has 1 atom stereocenters. The maximum atomic E-state index is 13.4. The molecule has 1 heterocycles. The first-order valence-electron chi connectivity index (χ1n) is 7.74. The lowest BCUT2D eigenvalue weighted by atomic mass is 9.81. The zero-order chi connectivity index (χ0) is 14.8. The van der Waals surface area contributed by atoms with E-state index in [-0.39, 0.29) is 11.4 Å². The number of aryl methyl sites for hydroxylation is 1. The summed E-state index contributed by atoms with van der Waals surface area (Å²) in [5.74, 6) is -0.208. The molecule has 1 aromatic carbocycles. The lowest BCUT2D eigenvalue weighted by molar-refractivity contribution is -0.0295. The third-order valence-corrected chi connectivity index (χ3v) is 4.97. The molecule has 112 valence electrons. The van der Waals surface area contributed by atoms with Gasteiger partial charge < -0.3 is 5.11 Å². The summed E-state index contributed by atoms with van der Waals surface area (Å²) in [6.07, 6.45) is 3.66. The summed E-state index contributed by atoms with van der Waals surface area (Å²) >= 11 is 0. The van der Waals surface area contributed by atoms with E-state index >= 15 is 0 Å². The summed E-state index contributed by atoms with van der Waals surface area (Å²) in [5, 5.41) is 10.9. The van der Waals surface area contributed by atoms with Gasteiger partial charge in [-0.15, -0.1) is 0 Å². The summed E-state index contributed by atoms with van der Waals surface area (Å²) in [6.45, 7) is 8.14. The molecule has 1 N–H and O–H groups in total. The van der Waals surface area contributed by atoms with Crippen molar-refractivity contribution >= 4 is 0 Å². The highest BCUT2D eigenvalue weighted by atomic mass is 19.1. The number of aliphatic hydroxyl groups excluding tert-OH is 1. The van der Waals surface area contributed by atoms with Crippen molar-refractivity contribution in [3.8, 4) is 0 Å². The molecule has 0 aromatic heterocycles. The van der Waals surface area contributed by atoms with Gasteiger partial charge in [-0.2, -0.15) is 0 Å². The highest BCUT2D eigenvalue weighted by Gasteiger charge is 2.42. The van der Waals surface area contributed by atoms with E-state index in [2.05, 4.69) is 18.7 Å². The van der Waals surface area contributed by atoms with Crippen LogP contribution in [0.5, 0.6) is 0 Å². The van der Waals surface area contributed by atoms with Crippen LogP contribution in [0.25, 0.3) is 0 Å². The number of hydrogen-bond donors (Lipinski definition) is 1. The van der Waals surface area contributed by atoms with E-state index in [0.717, 1.165) is 31.5 Å². The van der Waals surface area contributed by atoms with Crippen molar-refractivity contribution in [2.75, 3.05) is 13.1 Å². The quantitative estimate of drug-likeness (QED) is 0.885. The van der Waals surface area contributed by atoms with Gasteiger partial charge in [-0.1, -0.05) is 26.0 Å². The van der Waals surface area contributed by atoms with Crippen LogP contribution in [0.3, 0.4) is 0 Å². The Kier molecular flexibility index (Phi) is 4.82. The number of rotatable bonds is 5. The average molecular weight is 279 g/mol. The third kappa shape index (κ3) is 2.61. The Morgan fingerprint density at radius 1 is 1.25 bits per heavy atom. The fourth-order valence-electron chi connectivity index (χ4n) is 3.57. The third-order valence-electron chi connectivity index (χ3n) is 4.97. The molecule has 1 unspecified atom stereocenters. The molecule has 0 aliphatic carbocycles. The largest absolute Gasteiger partial charge is 0.386 e. The molecular weight excluding hydrogens is 253 g/mol. The minimum absolute atomic E-state index is 0.208. The molecule has 2 nitrogen and oxygen atoms in total. The molecule has 0 bridgehead atoms. The standard InChI is InChI=1S/C17H26FNO/c1-4-17(5-2,19-10-6-7-11-19)16(20)14-8-9-15(18)13(3)12-14/h8-9,12,16,20H,4-7,10-11H2,1-3H3. The number of hydrogen-bond acceptors (Lipinski definition) is 2. The van der Waals surface area contributed by atoms with Gasteiger partial charge >= 0.3 is 0 Å². The molecular formula is C17H26FNO. The minimum Gasteiger partial charge on any atom is -0.386 e. The van der Waals surface area contributed by atoms with Crippen molar-refractivity contribution in [3.05, 3.63) is 35.1 Å². The molecule has 2 rings (SSSR count). The highest BCUT2D eigenvalue weighted by Crippen LogP contribution is 2.39. The molecule has 0 saturated carbocycles. The van der Waals surface area contributed by atoms with Gasteiger partial charge in [0, 0.05) is 0 Å². The summed E-state index contributed by atoms with van der Waals surface area (Å²) in [5.41, 5.74) is 1.21. The smallest absolute Gasteiger partial charge is 0.126 e. The Morgan fingerprint density at radius 2 is 1.85 bits per heavy atom. The lowest BCUT2D eigenvalue weighted by Crippen LogP contribution is -2.51. The topological polar surface area (TPSA) is 23.5 Å². The van der Waals surface area contributed by atoms with Crippen molar-refractivity contribution in [2.45, 2.75) is 58.1 Å². The number of nitrogens with zero attached hydrogens (tertiary/aromatic N) is 1. The van der Waals surface area contributed by atoms with E-state index in [1.165, 1.54) is 18.9 Å². The number of likely N-dealkylation sites (tertiary alicyclic amines) is 1. The molecule has 1 aliphatic rings. The van der Waals surface area contributed by atoms with Crippen LogP contribution in [-0.2, 0) is 0 Å². The minimum atomic E-state index is -0.560. The Labute approximate surface area is 121 Å². The fourth-order valence-corrected chi connectivity index (χ4v) is 3.57. The summed E-state index contributed by atoms with van der Waals surface area (Å²) < 4.78 is 13.4. The van der Waals surface area contributed by atoms with Crippen LogP contribution >= 0.6 is 0 Å². The van der Waals surface area contributed by atoms with Gasteiger partial charge in [0.05, 0.1) is 11.6 Å². The molecule has 3 heteroatoms. The van der Waals surface area contributed by atoms with Gasteiger partial charge in [-0.3, -0.25) is 4.90 Å². The van der Waals surface area contributed by atoms with Gasteiger partial charge in [-0.25, -0.2) is 4.39 Å². The summed E-state index contributed by atoms with van der Waals surface area (Å²) in [7, 11) is 0. The van der Waals surface area contributed by atoms with Crippen LogP contribution in [-0.4, -0.2) is 28.6 Å². The maximum Gasteiger partial charge on any atom is 0.126 e. The van der Waals surface area contributed by atoms with Crippen LogP contribution in [0.2, 0.25) is 0 Å². The molecule has 20 heavy (non-hydrogen) atoms. The predicted octanol–water partition coefficient (Wildman–Crippen LogP) is 3.82. The highest BCUT2D eigenvalue weighted by molar-refractivity contribution is 5.28. The molecule has 1 saturated heterocycles. The van der Waals surface area contributed by atoms with Gasteiger partial charge in [0.15, 0.2) is 0 Å². The lowest BCUT2D eigenvalue weighted by Gasteiger charge is -2.44. The zero-order valence-electron chi connectivity index (χ0n) is 12.8. The van der Waals surface area contributed by atoms with Crippen molar-refractivity contribution in [2.24, 2.45) is 0 Å². The second kappa shape index (κ2) is 6.23. The van der Waals surface area contributed by atoms with Gasteiger partial charge in [-0.05, 0) is 62.9 Å². The van der Waals surface area contributed by atoms with E-state index in [1.54, 1.807) is 19.1 Å². The number of benzene rings is 1. The van der Waals surface area contributed by atoms with E-state index in [9.17, 15) is 9.50 Å². The molecule has 0 amide bonds. The Bertz CT molecular complexity index is 450. The first-order valence-corrected chi connectivity index (χ1v) is 7.74. The van der Waals surface area contributed by atoms with E-state index in [0.29, 0.717) is 5.56 Å². The zero-order valence-corrected chi connectivity index (χ0v) is 12.8. The van der Waals surface area contributed by atoms with Crippen molar-refractivity contribution in [3.63, 3.8) is 0 Å². The molecule has 1 aromatic rings. The van der Waals surface area contributed by atoms with Gasteiger partial charge in [0.2, 0.25) is 0 Å². The van der Waals surface area contributed by atoms with Gasteiger partial charge in [0.1, 0.15) is 5.82 Å². The van der Waals surface area contributed by atoms with E-state index in [1.807, 2.05) is 0 Å². The fraction of sp³-hybridized carbons (Fsp3) is 0.647.